The van der Waals surface area contributed by atoms with Crippen molar-refractivity contribution in [1.82, 2.24) is 0 Å². The summed E-state index contributed by atoms with van der Waals surface area (Å²) in [4.78, 5) is 0. The van der Waals surface area contributed by atoms with E-state index in [1.54, 1.807) is 0 Å². The van der Waals surface area contributed by atoms with E-state index >= 15 is 0 Å². The zero-order valence-corrected chi connectivity index (χ0v) is 9.09. The Morgan fingerprint density at radius 2 is 2.00 bits per heavy atom. The van der Waals surface area contributed by atoms with E-state index in [4.69, 9.17) is 0 Å². The van der Waals surface area contributed by atoms with Crippen LogP contribution in [0.3, 0.4) is 0 Å². The first-order valence-electron chi connectivity index (χ1n) is 2.13. The van der Waals surface area contributed by atoms with Crippen molar-refractivity contribution in [2.24, 2.45) is 0 Å². The number of halogens is 2. The van der Waals surface area contributed by atoms with Gasteiger partial charge in [0.2, 0.25) is 0 Å². The van der Waals surface area contributed by atoms with E-state index in [0.717, 1.165) is 6.42 Å². The first kappa shape index (κ1) is 16.5. The summed E-state index contributed by atoms with van der Waals surface area (Å²) in [6.07, 6.45) is 8.33. The topological polar surface area (TPSA) is 0 Å². The van der Waals surface area contributed by atoms with E-state index in [0.29, 0.717) is 0 Å². The summed E-state index contributed by atoms with van der Waals surface area (Å²) in [5.74, 6) is 0. The van der Waals surface area contributed by atoms with Crippen LogP contribution in [0.15, 0.2) is 17.7 Å². The Bertz CT molecular complexity index is 105. The predicted molar refractivity (Wildman–Crippen MR) is 26.2 cm³/mol. The van der Waals surface area contributed by atoms with Crippen molar-refractivity contribution in [3.63, 3.8) is 0 Å². The van der Waals surface area contributed by atoms with Gasteiger partial charge in [0.1, 0.15) is 0 Å². The van der Waals surface area contributed by atoms with Crippen LogP contribution < -0.4 is 24.8 Å². The van der Waals surface area contributed by atoms with E-state index < -0.39 is 0 Å². The Morgan fingerprint density at radius 3 is 2.11 bits per heavy atom. The van der Waals surface area contributed by atoms with Crippen LogP contribution in [-0.4, -0.2) is 0 Å². The molecule has 0 amide bonds. The van der Waals surface area contributed by atoms with Crippen LogP contribution in [-0.2, 0) is 26.2 Å². The smallest absolute Gasteiger partial charge is 1.00 e. The molecule has 0 atom stereocenters. The van der Waals surface area contributed by atoms with E-state index in [9.17, 15) is 0 Å². The molecule has 0 aliphatic heterocycles. The molecule has 0 spiro atoms. The van der Waals surface area contributed by atoms with Gasteiger partial charge in [-0.05, 0) is 0 Å². The van der Waals surface area contributed by atoms with Crippen LogP contribution in [0.1, 0.15) is 13.3 Å². The van der Waals surface area contributed by atoms with Crippen molar-refractivity contribution < 1.29 is 51.0 Å². The Labute approximate surface area is 87.7 Å². The van der Waals surface area contributed by atoms with Gasteiger partial charge in [-0.2, -0.15) is 6.08 Å². The van der Waals surface area contributed by atoms with Crippen LogP contribution in [0.2, 0.25) is 0 Å². The molecule has 0 aromatic heterocycles. The summed E-state index contributed by atoms with van der Waals surface area (Å²) in [5.41, 5.74) is 1.27. The summed E-state index contributed by atoms with van der Waals surface area (Å²) in [7, 11) is 0. The van der Waals surface area contributed by atoms with Crippen molar-refractivity contribution in [3.8, 4) is 0 Å². The van der Waals surface area contributed by atoms with E-state index in [1.807, 2.05) is 0 Å². The molecule has 0 heterocycles. The molecular formula is C6H7Cl2Zr. The van der Waals surface area contributed by atoms with Crippen molar-refractivity contribution in [2.75, 3.05) is 0 Å². The second kappa shape index (κ2) is 8.94. The molecule has 0 nitrogen and oxygen atoms in total. The van der Waals surface area contributed by atoms with E-state index in [1.165, 1.54) is 5.57 Å². The second-order valence-corrected chi connectivity index (χ2v) is 1.47. The number of allylic oxidation sites excluding steroid dienone is 4. The second-order valence-electron chi connectivity index (χ2n) is 1.47. The third-order valence-corrected chi connectivity index (χ3v) is 0.867. The summed E-state index contributed by atoms with van der Waals surface area (Å²) in [5, 5.41) is 0. The summed E-state index contributed by atoms with van der Waals surface area (Å²) in [6.45, 7) is 2.06. The quantitative estimate of drug-likeness (QED) is 0.377. The van der Waals surface area contributed by atoms with E-state index in [2.05, 4.69) is 25.2 Å². The zero-order chi connectivity index (χ0) is 4.41. The van der Waals surface area contributed by atoms with Gasteiger partial charge in [-0.3, -0.25) is 6.08 Å². The molecule has 1 rings (SSSR count). The minimum absolute atomic E-state index is 0. The van der Waals surface area contributed by atoms with Gasteiger partial charge in [0, 0.05) is 0 Å². The summed E-state index contributed by atoms with van der Waals surface area (Å²) >= 11 is 0. The molecular weight excluding hydrogens is 234 g/mol. The van der Waals surface area contributed by atoms with Crippen molar-refractivity contribution in [3.05, 3.63) is 23.8 Å². The molecule has 0 N–H and O–H groups in total. The molecule has 0 saturated heterocycles. The predicted octanol–water partition coefficient (Wildman–Crippen LogP) is -4.30. The maximum Gasteiger partial charge on any atom is 3.00 e. The fourth-order valence-corrected chi connectivity index (χ4v) is 0.515. The van der Waals surface area contributed by atoms with E-state index in [-0.39, 0.29) is 51.0 Å². The van der Waals surface area contributed by atoms with Gasteiger partial charge in [0.15, 0.2) is 0 Å². The Kier molecular flexibility index (Phi) is 16.4. The molecule has 49 valence electrons. The van der Waals surface area contributed by atoms with Crippen LogP contribution >= 0.6 is 0 Å². The van der Waals surface area contributed by atoms with Gasteiger partial charge in [-0.25, -0.2) is 11.6 Å². The van der Waals surface area contributed by atoms with Gasteiger partial charge in [0.05, 0.1) is 0 Å². The monoisotopic (exact) mass is 239 g/mol. The average molecular weight is 241 g/mol. The third kappa shape index (κ3) is 6.83. The van der Waals surface area contributed by atoms with Gasteiger partial charge in [0.25, 0.3) is 0 Å². The van der Waals surface area contributed by atoms with Crippen LogP contribution in [0.4, 0.5) is 0 Å². The van der Waals surface area contributed by atoms with Crippen LogP contribution in [0, 0.1) is 6.08 Å². The standard InChI is InChI=1S/C6H7.2ClH.Zr/c1-6-4-2-3-5-6;;;/h2,4H,3H2,1H3;2*1H;/q-1;;;+3/p-2. The maximum absolute atomic E-state index is 3.12. The number of hydrogen-bond donors (Lipinski definition) is 0. The first-order valence-corrected chi connectivity index (χ1v) is 2.13. The normalized spacial score (nSPS) is 12.3. The number of rotatable bonds is 0. The van der Waals surface area contributed by atoms with Gasteiger partial charge >= 0.3 is 26.2 Å². The molecule has 1 aliphatic carbocycles. The summed E-state index contributed by atoms with van der Waals surface area (Å²) < 4.78 is 0. The molecule has 0 bridgehead atoms. The molecule has 0 unspecified atom stereocenters. The summed E-state index contributed by atoms with van der Waals surface area (Å²) in [6, 6.07) is 0. The average Bonchev–Trinajstić information content (AvgIpc) is 1.86. The molecule has 0 aromatic carbocycles. The fraction of sp³-hybridized carbons (Fsp3) is 0.333. The van der Waals surface area contributed by atoms with Crippen LogP contribution in [0.25, 0.3) is 0 Å². The largest absolute Gasteiger partial charge is 3.00 e. The molecule has 0 fully saturated rings. The number of hydrogen-bond acceptors (Lipinski definition) is 0. The molecule has 1 radical (unpaired) electrons. The van der Waals surface area contributed by atoms with Crippen molar-refractivity contribution >= 4 is 0 Å². The zero-order valence-electron chi connectivity index (χ0n) is 5.12. The van der Waals surface area contributed by atoms with Gasteiger partial charge < -0.3 is 24.8 Å². The Morgan fingerprint density at radius 1 is 1.44 bits per heavy atom. The Balaban J connectivity index is -0.000000120. The van der Waals surface area contributed by atoms with Gasteiger partial charge in [-0.15, -0.1) is 6.42 Å². The van der Waals surface area contributed by atoms with Crippen molar-refractivity contribution in [2.45, 2.75) is 13.3 Å². The fourth-order valence-electron chi connectivity index (χ4n) is 0.515. The SMILES string of the molecule is CC1=[C-]CC=C1.[Cl-].[Cl-].[Zr+3]. The minimum atomic E-state index is 0. The molecule has 1 aliphatic rings. The molecule has 0 saturated carbocycles. The minimum Gasteiger partial charge on any atom is -1.00 e. The third-order valence-electron chi connectivity index (χ3n) is 0.867. The van der Waals surface area contributed by atoms with Crippen LogP contribution in [0.5, 0.6) is 0 Å². The van der Waals surface area contributed by atoms with Crippen molar-refractivity contribution in [1.29, 1.82) is 0 Å². The molecule has 9 heavy (non-hydrogen) atoms. The molecule has 0 aromatic rings. The maximum atomic E-state index is 3.12. The first-order chi connectivity index (χ1) is 2.89. The molecule has 3 heteroatoms. The van der Waals surface area contributed by atoms with Gasteiger partial charge in [-0.1, -0.05) is 6.92 Å². The Hall–Kier alpha value is 0.943.